The standard InChI is InChI=1S/C27H27N3O4/c1-32-22-7-3-6-21(16-22)29-26-24(8-4-11-28-26)27(31)30-12-14-33-18-19(17-30)15-20-5-2-9-25-23(20)10-13-34-25/h2-11,13,16,19H,12,14-15,17-18H2,1H3,(H,28,29)/t19-/m1/s1. The minimum atomic E-state index is -0.0597. The van der Waals surface area contributed by atoms with Crippen molar-refractivity contribution in [2.75, 3.05) is 38.7 Å². The lowest BCUT2D eigenvalue weighted by Gasteiger charge is -2.25. The van der Waals surface area contributed by atoms with Crippen molar-refractivity contribution >= 4 is 28.4 Å². The Bertz CT molecular complexity index is 1290. The van der Waals surface area contributed by atoms with Crippen LogP contribution >= 0.6 is 0 Å². The van der Waals surface area contributed by atoms with Crippen molar-refractivity contribution in [2.24, 2.45) is 5.92 Å². The summed E-state index contributed by atoms with van der Waals surface area (Å²) in [6, 6.07) is 19.2. The lowest BCUT2D eigenvalue weighted by Crippen LogP contribution is -2.36. The monoisotopic (exact) mass is 457 g/mol. The number of pyridine rings is 1. The molecule has 0 aliphatic carbocycles. The molecule has 1 aliphatic heterocycles. The number of hydrogen-bond donors (Lipinski definition) is 1. The average Bonchev–Trinajstić information content (AvgIpc) is 3.24. The number of benzene rings is 2. The molecule has 1 atom stereocenters. The smallest absolute Gasteiger partial charge is 0.257 e. The molecule has 0 unspecified atom stereocenters. The van der Waals surface area contributed by atoms with E-state index in [0.29, 0.717) is 37.7 Å². The van der Waals surface area contributed by atoms with Gasteiger partial charge in [0.2, 0.25) is 0 Å². The number of fused-ring (bicyclic) bond motifs is 1. The molecule has 1 N–H and O–H groups in total. The zero-order chi connectivity index (χ0) is 23.3. The lowest BCUT2D eigenvalue weighted by atomic mass is 9.97. The van der Waals surface area contributed by atoms with E-state index in [2.05, 4.69) is 16.4 Å². The van der Waals surface area contributed by atoms with E-state index in [1.54, 1.807) is 25.6 Å². The summed E-state index contributed by atoms with van der Waals surface area (Å²) in [4.78, 5) is 19.9. The number of amides is 1. The van der Waals surface area contributed by atoms with Crippen LogP contribution in [0.2, 0.25) is 0 Å². The van der Waals surface area contributed by atoms with Gasteiger partial charge < -0.3 is 24.1 Å². The molecule has 4 aromatic rings. The van der Waals surface area contributed by atoms with Crippen molar-refractivity contribution in [2.45, 2.75) is 6.42 Å². The van der Waals surface area contributed by atoms with Crippen LogP contribution in [0.1, 0.15) is 15.9 Å². The molecule has 7 nitrogen and oxygen atoms in total. The maximum absolute atomic E-state index is 13.6. The molecule has 7 heteroatoms. The Morgan fingerprint density at radius 1 is 1.18 bits per heavy atom. The average molecular weight is 458 g/mol. The normalized spacial score (nSPS) is 16.3. The van der Waals surface area contributed by atoms with Crippen LogP contribution in [0.3, 0.4) is 0 Å². The third-order valence-electron chi connectivity index (χ3n) is 6.09. The van der Waals surface area contributed by atoms with Gasteiger partial charge in [-0.25, -0.2) is 4.98 Å². The summed E-state index contributed by atoms with van der Waals surface area (Å²) in [6.45, 7) is 2.27. The number of hydrogen-bond acceptors (Lipinski definition) is 6. The second-order valence-electron chi connectivity index (χ2n) is 8.40. The molecule has 1 amide bonds. The van der Waals surface area contributed by atoms with E-state index in [4.69, 9.17) is 13.9 Å². The fraction of sp³-hybridized carbons (Fsp3) is 0.259. The topological polar surface area (TPSA) is 76.8 Å². The van der Waals surface area contributed by atoms with Crippen molar-refractivity contribution in [3.63, 3.8) is 0 Å². The number of furan rings is 1. The van der Waals surface area contributed by atoms with Gasteiger partial charge in [-0.1, -0.05) is 18.2 Å². The first-order chi connectivity index (χ1) is 16.7. The van der Waals surface area contributed by atoms with Gasteiger partial charge in [0.15, 0.2) is 0 Å². The fourth-order valence-electron chi connectivity index (χ4n) is 4.42. The molecule has 0 spiro atoms. The summed E-state index contributed by atoms with van der Waals surface area (Å²) >= 11 is 0. The third kappa shape index (κ3) is 4.75. The van der Waals surface area contributed by atoms with Crippen molar-refractivity contribution in [1.82, 2.24) is 9.88 Å². The summed E-state index contributed by atoms with van der Waals surface area (Å²) < 4.78 is 16.7. The zero-order valence-corrected chi connectivity index (χ0v) is 19.1. The number of anilines is 2. The Hall–Kier alpha value is -3.84. The minimum Gasteiger partial charge on any atom is -0.497 e. The Balaban J connectivity index is 1.35. The summed E-state index contributed by atoms with van der Waals surface area (Å²) in [7, 11) is 1.62. The van der Waals surface area contributed by atoms with Crippen LogP contribution in [0.5, 0.6) is 5.75 Å². The number of rotatable bonds is 6. The van der Waals surface area contributed by atoms with Crippen LogP contribution in [-0.4, -0.2) is 49.2 Å². The van der Waals surface area contributed by atoms with Crippen molar-refractivity contribution in [3.8, 4) is 5.75 Å². The highest BCUT2D eigenvalue weighted by Gasteiger charge is 2.26. The van der Waals surface area contributed by atoms with Gasteiger partial charge in [0.1, 0.15) is 17.2 Å². The van der Waals surface area contributed by atoms with Crippen LogP contribution in [0.4, 0.5) is 11.5 Å². The Morgan fingerprint density at radius 2 is 2.09 bits per heavy atom. The maximum Gasteiger partial charge on any atom is 0.257 e. The van der Waals surface area contributed by atoms with Crippen LogP contribution in [0.15, 0.2) is 77.5 Å². The summed E-state index contributed by atoms with van der Waals surface area (Å²) in [5.74, 6) is 1.37. The molecule has 34 heavy (non-hydrogen) atoms. The molecule has 174 valence electrons. The molecule has 1 fully saturated rings. The van der Waals surface area contributed by atoms with E-state index in [0.717, 1.165) is 28.8 Å². The van der Waals surface area contributed by atoms with Crippen LogP contribution in [0.25, 0.3) is 11.0 Å². The van der Waals surface area contributed by atoms with Gasteiger partial charge in [-0.2, -0.15) is 0 Å². The third-order valence-corrected chi connectivity index (χ3v) is 6.09. The SMILES string of the molecule is COc1cccc(Nc2ncccc2C(=O)N2CCOC[C@H](Cc3cccc4occc34)C2)c1. The van der Waals surface area contributed by atoms with Crippen molar-refractivity contribution in [3.05, 3.63) is 84.3 Å². The summed E-state index contributed by atoms with van der Waals surface area (Å²) in [5, 5.41) is 4.38. The van der Waals surface area contributed by atoms with Gasteiger partial charge in [-0.3, -0.25) is 4.79 Å². The van der Waals surface area contributed by atoms with Crippen molar-refractivity contribution < 1.29 is 18.7 Å². The van der Waals surface area contributed by atoms with E-state index < -0.39 is 0 Å². The second kappa shape index (κ2) is 9.97. The largest absolute Gasteiger partial charge is 0.497 e. The lowest BCUT2D eigenvalue weighted by molar-refractivity contribution is 0.0738. The number of ether oxygens (including phenoxy) is 2. The number of nitrogens with zero attached hydrogens (tertiary/aromatic N) is 2. The van der Waals surface area contributed by atoms with E-state index in [9.17, 15) is 4.79 Å². The molecular formula is C27H27N3O4. The number of aromatic nitrogens is 1. The minimum absolute atomic E-state index is 0.0597. The first-order valence-electron chi connectivity index (χ1n) is 11.4. The molecule has 5 rings (SSSR count). The quantitative estimate of drug-likeness (QED) is 0.443. The molecule has 2 aromatic carbocycles. The summed E-state index contributed by atoms with van der Waals surface area (Å²) in [5.41, 5.74) is 3.42. The molecule has 1 aliphatic rings. The molecule has 3 heterocycles. The Kier molecular flexibility index (Phi) is 6.44. The maximum atomic E-state index is 13.6. The molecule has 0 saturated carbocycles. The predicted molar refractivity (Wildman–Crippen MR) is 131 cm³/mol. The van der Waals surface area contributed by atoms with Gasteiger partial charge in [0.05, 0.1) is 32.2 Å². The number of methoxy groups -OCH3 is 1. The highest BCUT2D eigenvalue weighted by molar-refractivity contribution is 5.99. The number of carbonyl (C=O) groups is 1. The van der Waals surface area contributed by atoms with Gasteiger partial charge >= 0.3 is 0 Å². The van der Waals surface area contributed by atoms with Gasteiger partial charge in [-0.05, 0) is 48.4 Å². The first kappa shape index (κ1) is 22.0. The zero-order valence-electron chi connectivity index (χ0n) is 19.1. The predicted octanol–water partition coefficient (Wildman–Crippen LogP) is 4.91. The van der Waals surface area contributed by atoms with Gasteiger partial charge in [0, 0.05) is 42.3 Å². The molecule has 1 saturated heterocycles. The van der Waals surface area contributed by atoms with E-state index in [1.165, 1.54) is 5.56 Å². The highest BCUT2D eigenvalue weighted by Crippen LogP contribution is 2.26. The van der Waals surface area contributed by atoms with Gasteiger partial charge in [-0.15, -0.1) is 0 Å². The van der Waals surface area contributed by atoms with E-state index in [1.807, 2.05) is 53.4 Å². The molecular weight excluding hydrogens is 430 g/mol. The van der Waals surface area contributed by atoms with Gasteiger partial charge in [0.25, 0.3) is 5.91 Å². The highest BCUT2D eigenvalue weighted by atomic mass is 16.5. The van der Waals surface area contributed by atoms with Crippen molar-refractivity contribution in [1.29, 1.82) is 0 Å². The Labute approximate surface area is 198 Å². The molecule has 0 radical (unpaired) electrons. The summed E-state index contributed by atoms with van der Waals surface area (Å²) in [6.07, 6.45) is 4.20. The van der Waals surface area contributed by atoms with E-state index in [-0.39, 0.29) is 11.8 Å². The van der Waals surface area contributed by atoms with Crippen LogP contribution < -0.4 is 10.1 Å². The van der Waals surface area contributed by atoms with Crippen LogP contribution in [-0.2, 0) is 11.2 Å². The molecule has 2 aromatic heterocycles. The number of nitrogens with one attached hydrogen (secondary N) is 1. The second-order valence-corrected chi connectivity index (χ2v) is 8.40. The van der Waals surface area contributed by atoms with Crippen LogP contribution in [0, 0.1) is 5.92 Å². The Morgan fingerprint density at radius 3 is 3.00 bits per heavy atom. The number of carbonyl (C=O) groups excluding carboxylic acids is 1. The first-order valence-corrected chi connectivity index (χ1v) is 11.4. The fourth-order valence-corrected chi connectivity index (χ4v) is 4.42. The molecule has 0 bridgehead atoms. The van der Waals surface area contributed by atoms with E-state index >= 15 is 0 Å².